The van der Waals surface area contributed by atoms with Gasteiger partial charge in [-0.05, 0) is 8.12 Å². The minimum atomic E-state index is 0.299. The minimum absolute atomic E-state index is 0.299. The van der Waals surface area contributed by atoms with Crippen molar-refractivity contribution < 1.29 is 2.74 Å². The molecular weight excluding hydrogens is 278 g/mol. The van der Waals surface area contributed by atoms with Gasteiger partial charge in [0.05, 0.1) is 2.74 Å². The van der Waals surface area contributed by atoms with Crippen LogP contribution in [0.25, 0.3) is 0 Å². The fraction of sp³-hybridized carbons (Fsp3) is 0. The summed E-state index contributed by atoms with van der Waals surface area (Å²) in [5.41, 5.74) is 0. The molecular formula is C2H2I2. The molecule has 0 radical (unpaired) electrons. The van der Waals surface area contributed by atoms with Gasteiger partial charge in [-0.15, -0.1) is 0 Å². The lowest BCUT2D eigenvalue weighted by molar-refractivity contribution is 2.72. The minimum Gasteiger partial charge on any atom is -0.0525 e. The van der Waals surface area contributed by atoms with E-state index in [1.165, 1.54) is 0 Å². The molecule has 0 saturated carbocycles. The van der Waals surface area contributed by atoms with Crippen LogP contribution in [0.4, 0.5) is 0 Å². The van der Waals surface area contributed by atoms with Crippen LogP contribution in [0.3, 0.4) is 0 Å². The third-order valence-electron chi connectivity index (χ3n) is 0.0357. The summed E-state index contributed by atoms with van der Waals surface area (Å²) in [5, 5.41) is 0. The van der Waals surface area contributed by atoms with Gasteiger partial charge in [0.25, 0.3) is 0 Å². The monoisotopic (exact) mass is 282 g/mol. The van der Waals surface area contributed by atoms with Crippen molar-refractivity contribution in [3.8, 4) is 0 Å². The highest BCUT2D eigenvalue weighted by molar-refractivity contribution is 14.1. The summed E-state index contributed by atoms with van der Waals surface area (Å²) in [4.78, 5) is 0. The van der Waals surface area contributed by atoms with Crippen LogP contribution in [0.1, 0.15) is 2.74 Å². The van der Waals surface area contributed by atoms with Crippen molar-refractivity contribution in [2.75, 3.05) is 0 Å². The van der Waals surface area contributed by atoms with E-state index in [1.54, 1.807) is 45.2 Å². The lowest BCUT2D eigenvalue weighted by Crippen LogP contribution is -1.06. The molecule has 0 aromatic carbocycles. The maximum absolute atomic E-state index is 6.70. The summed E-state index contributed by atoms with van der Waals surface area (Å²) in [6, 6.07) is 0. The van der Waals surface area contributed by atoms with Crippen LogP contribution in [0.15, 0.2) is 8.12 Å². The summed E-state index contributed by atoms with van der Waals surface area (Å²) < 4.78 is 14.0. The maximum Gasteiger partial charge on any atom is 0.0698 e. The molecule has 4 heavy (non-hydrogen) atoms. The standard InChI is InChI=1S/C2H2I2/c3-1-2-4/h1-2H/b2-1+/i1D,2D. The van der Waals surface area contributed by atoms with Crippen molar-refractivity contribution in [3.63, 3.8) is 0 Å². The first-order chi connectivity index (χ1) is 2.64. The Balaban J connectivity index is 3.68. The van der Waals surface area contributed by atoms with Gasteiger partial charge >= 0.3 is 0 Å². The molecule has 0 aromatic heterocycles. The molecule has 0 aliphatic carbocycles. The molecule has 0 heterocycles. The fourth-order valence-corrected chi connectivity index (χ4v) is 0. The Hall–Kier alpha value is 1.20. The van der Waals surface area contributed by atoms with Crippen LogP contribution >= 0.6 is 45.2 Å². The lowest BCUT2D eigenvalue weighted by Gasteiger charge is -1.44. The molecule has 0 N–H and O–H groups in total. The highest BCUT2D eigenvalue weighted by Gasteiger charge is 1.39. The van der Waals surface area contributed by atoms with Crippen LogP contribution in [-0.2, 0) is 0 Å². The summed E-state index contributed by atoms with van der Waals surface area (Å²) in [7, 11) is 0. The molecule has 0 aromatic rings. The molecule has 0 saturated heterocycles. The molecule has 0 spiro atoms. The molecule has 0 aliphatic rings. The molecule has 0 unspecified atom stereocenters. The summed E-state index contributed by atoms with van der Waals surface area (Å²) in [6.45, 7) is 0. The van der Waals surface area contributed by atoms with Crippen molar-refractivity contribution in [1.29, 1.82) is 0 Å². The van der Waals surface area contributed by atoms with Gasteiger partial charge in [0.1, 0.15) is 0 Å². The van der Waals surface area contributed by atoms with Crippen LogP contribution in [-0.4, -0.2) is 0 Å². The van der Waals surface area contributed by atoms with E-state index in [4.69, 9.17) is 2.74 Å². The Morgan fingerprint density at radius 3 is 1.75 bits per heavy atom. The molecule has 0 aliphatic heterocycles. The quantitative estimate of drug-likeness (QED) is 0.598. The Morgan fingerprint density at radius 2 is 1.75 bits per heavy atom. The number of hydrogen-bond donors (Lipinski definition) is 0. The third kappa shape index (κ3) is 3.20. The molecule has 24 valence electrons. The Labute approximate surface area is 55.7 Å². The van der Waals surface area contributed by atoms with Gasteiger partial charge in [-0.2, -0.15) is 0 Å². The van der Waals surface area contributed by atoms with Crippen molar-refractivity contribution in [3.05, 3.63) is 8.12 Å². The predicted molar refractivity (Wildman–Crippen MR) is 37.2 cm³/mol. The average molecular weight is 282 g/mol. The fourth-order valence-electron chi connectivity index (χ4n) is 0. The van der Waals surface area contributed by atoms with E-state index >= 15 is 0 Å². The molecule has 0 bridgehead atoms. The summed E-state index contributed by atoms with van der Waals surface area (Å²) in [6.07, 6.45) is 0. The second kappa shape index (κ2) is 4.20. The van der Waals surface area contributed by atoms with Crippen LogP contribution in [0.5, 0.6) is 0 Å². The van der Waals surface area contributed by atoms with Crippen LogP contribution in [0, 0.1) is 0 Å². The molecule has 0 fully saturated rings. The predicted octanol–water partition coefficient (Wildman–Crippen LogP) is 2.33. The number of rotatable bonds is 0. The molecule has 0 rings (SSSR count). The Kier molecular flexibility index (Phi) is 2.51. The van der Waals surface area contributed by atoms with Gasteiger partial charge in [-0.3, -0.25) is 0 Å². The Bertz CT molecular complexity index is 59.6. The number of hydrogen-bond acceptors (Lipinski definition) is 0. The lowest BCUT2D eigenvalue weighted by atomic mass is 11.3. The second-order valence-corrected chi connectivity index (χ2v) is 1.27. The van der Waals surface area contributed by atoms with Crippen molar-refractivity contribution >= 4 is 45.2 Å². The summed E-state index contributed by atoms with van der Waals surface area (Å²) >= 11 is 3.57. The molecule has 0 nitrogen and oxygen atoms in total. The van der Waals surface area contributed by atoms with Crippen molar-refractivity contribution in [2.24, 2.45) is 0 Å². The first-order valence-corrected chi connectivity index (χ1v) is 2.79. The highest BCUT2D eigenvalue weighted by atomic mass is 127. The highest BCUT2D eigenvalue weighted by Crippen LogP contribution is 1.88. The van der Waals surface area contributed by atoms with Gasteiger partial charge in [0, 0.05) is 0 Å². The van der Waals surface area contributed by atoms with Gasteiger partial charge in [0.2, 0.25) is 0 Å². The van der Waals surface area contributed by atoms with Gasteiger partial charge in [-0.1, -0.05) is 45.2 Å². The Morgan fingerprint density at radius 1 is 1.50 bits per heavy atom. The third-order valence-corrected chi connectivity index (χ3v) is 1.61. The van der Waals surface area contributed by atoms with E-state index in [0.717, 1.165) is 0 Å². The first kappa shape index (κ1) is 2.39. The summed E-state index contributed by atoms with van der Waals surface area (Å²) in [5.74, 6) is 0. The second-order valence-electron chi connectivity index (χ2n) is 0.189. The maximum atomic E-state index is 6.70. The van der Waals surface area contributed by atoms with Crippen LogP contribution in [0.2, 0.25) is 0 Å². The zero-order valence-corrected chi connectivity index (χ0v) is 6.07. The topological polar surface area (TPSA) is 0 Å². The normalized spacial score (nSPS) is 21.5. The van der Waals surface area contributed by atoms with E-state index in [9.17, 15) is 0 Å². The SMILES string of the molecule is [2H]/C(I)=C(/[2H])I. The largest absolute Gasteiger partial charge is 0.0698 e. The number of halogens is 2. The van der Waals surface area contributed by atoms with E-state index < -0.39 is 0 Å². The average Bonchev–Trinajstić information content (AvgIpc) is 1.36. The van der Waals surface area contributed by atoms with Crippen molar-refractivity contribution in [1.82, 2.24) is 0 Å². The first-order valence-electron chi connectivity index (χ1n) is 1.63. The van der Waals surface area contributed by atoms with Gasteiger partial charge in [-0.25, -0.2) is 0 Å². The van der Waals surface area contributed by atoms with E-state index in [-0.39, 0.29) is 0 Å². The van der Waals surface area contributed by atoms with Gasteiger partial charge in [0.15, 0.2) is 0 Å². The van der Waals surface area contributed by atoms with E-state index in [0.29, 0.717) is 8.12 Å². The van der Waals surface area contributed by atoms with Crippen molar-refractivity contribution in [2.45, 2.75) is 0 Å². The zero-order valence-electron chi connectivity index (χ0n) is 3.76. The van der Waals surface area contributed by atoms with Crippen LogP contribution < -0.4 is 0 Å². The molecule has 0 amide bonds. The molecule has 0 atom stereocenters. The van der Waals surface area contributed by atoms with E-state index in [2.05, 4.69) is 0 Å². The zero-order chi connectivity index (χ0) is 5.15. The van der Waals surface area contributed by atoms with Gasteiger partial charge < -0.3 is 0 Å². The smallest absolute Gasteiger partial charge is 0.0525 e. The van der Waals surface area contributed by atoms with E-state index in [1.807, 2.05) is 0 Å². The molecule has 2 heteroatoms.